The first-order chi connectivity index (χ1) is 18.3. The van der Waals surface area contributed by atoms with Crippen LogP contribution in [0.15, 0.2) is 14.4 Å². The lowest BCUT2D eigenvalue weighted by molar-refractivity contribution is 0.218. The van der Waals surface area contributed by atoms with Crippen molar-refractivity contribution in [2.24, 2.45) is 0 Å². The lowest BCUT2D eigenvalue weighted by Crippen LogP contribution is -2.55. The second-order valence-electron chi connectivity index (χ2n) is 8.28. The van der Waals surface area contributed by atoms with Gasteiger partial charge in [0, 0.05) is 52.4 Å². The topological polar surface area (TPSA) is 121 Å². The summed E-state index contributed by atoms with van der Waals surface area (Å²) in [6, 6.07) is 0. The first-order valence-corrected chi connectivity index (χ1v) is 15.4. The molecule has 1 aromatic heterocycles. The first kappa shape index (κ1) is 35.6. The molecule has 1 heterocycles. The molecule has 0 aliphatic heterocycles. The molecule has 0 fully saturated rings. The van der Waals surface area contributed by atoms with Crippen LogP contribution in [-0.2, 0) is 46.4 Å². The summed E-state index contributed by atoms with van der Waals surface area (Å²) in [5.41, 5.74) is -2.56. The third kappa shape index (κ3) is 14.1. The van der Waals surface area contributed by atoms with Crippen LogP contribution < -0.4 is 17.1 Å². The molecule has 0 atom stereocenters. The van der Waals surface area contributed by atoms with E-state index in [1.807, 2.05) is 41.5 Å². The fourth-order valence-corrected chi connectivity index (χ4v) is 3.96. The number of rotatable bonds is 15. The average molecular weight is 664 g/mol. The second kappa shape index (κ2) is 18.8. The number of hydrogen-bond donors (Lipinski definition) is 0. The number of aromatic nitrogens is 3. The van der Waals surface area contributed by atoms with E-state index in [1.54, 1.807) is 0 Å². The SMILES string of the molecule is CC(C)SOC(=S)OCCn1c(=O)n(CCOC(=S)OSC(C)C)c(=O)n(CCOC(=S)OSC(C)C)c1=O. The van der Waals surface area contributed by atoms with Gasteiger partial charge >= 0.3 is 32.8 Å². The highest BCUT2D eigenvalue weighted by Crippen LogP contribution is 2.13. The normalized spacial score (nSPS) is 11.0. The van der Waals surface area contributed by atoms with Crippen molar-refractivity contribution in [3.63, 3.8) is 0 Å². The highest BCUT2D eigenvalue weighted by atomic mass is 32.2. The zero-order valence-corrected chi connectivity index (χ0v) is 27.3. The Hall–Kier alpha value is -1.47. The maximum absolute atomic E-state index is 13.1. The quantitative estimate of drug-likeness (QED) is 0.201. The van der Waals surface area contributed by atoms with Crippen molar-refractivity contribution in [1.29, 1.82) is 0 Å². The van der Waals surface area contributed by atoms with Crippen molar-refractivity contribution in [1.82, 2.24) is 13.7 Å². The molecule has 222 valence electrons. The van der Waals surface area contributed by atoms with Gasteiger partial charge in [-0.1, -0.05) is 41.5 Å². The van der Waals surface area contributed by atoms with Gasteiger partial charge in [-0.3, -0.25) is 0 Å². The van der Waals surface area contributed by atoms with E-state index in [9.17, 15) is 14.4 Å². The van der Waals surface area contributed by atoms with E-state index < -0.39 is 17.1 Å². The van der Waals surface area contributed by atoms with Gasteiger partial charge in [0.25, 0.3) is 0 Å². The van der Waals surface area contributed by atoms with Crippen LogP contribution in [0, 0.1) is 0 Å². The van der Waals surface area contributed by atoms with Gasteiger partial charge in [-0.2, -0.15) is 0 Å². The summed E-state index contributed by atoms with van der Waals surface area (Å²) in [5, 5.41) is 0.0323. The van der Waals surface area contributed by atoms with Crippen molar-refractivity contribution < 1.29 is 26.8 Å². The summed E-state index contributed by atoms with van der Waals surface area (Å²) in [6.45, 7) is 10.4. The highest BCUT2D eigenvalue weighted by Gasteiger charge is 2.17. The Morgan fingerprint density at radius 3 is 1.00 bits per heavy atom. The van der Waals surface area contributed by atoms with Crippen LogP contribution in [0.2, 0.25) is 0 Å². The van der Waals surface area contributed by atoms with Crippen LogP contribution in [-0.4, -0.2) is 65.0 Å². The molecule has 1 aromatic rings. The molecule has 39 heavy (non-hydrogen) atoms. The van der Waals surface area contributed by atoms with Crippen LogP contribution in [0.1, 0.15) is 41.5 Å². The zero-order valence-electron chi connectivity index (χ0n) is 22.4. The summed E-state index contributed by atoms with van der Waals surface area (Å²) < 4.78 is 34.1. The van der Waals surface area contributed by atoms with E-state index in [1.165, 1.54) is 0 Å². The van der Waals surface area contributed by atoms with Crippen LogP contribution in [0.25, 0.3) is 0 Å². The molecule has 0 amide bonds. The maximum atomic E-state index is 13.1. The monoisotopic (exact) mass is 663 g/mol. The van der Waals surface area contributed by atoms with Gasteiger partial charge in [0.15, 0.2) is 0 Å². The Kier molecular flexibility index (Phi) is 17.1. The molecule has 0 saturated carbocycles. The van der Waals surface area contributed by atoms with Gasteiger partial charge < -0.3 is 26.8 Å². The van der Waals surface area contributed by atoms with Crippen molar-refractivity contribution in [2.75, 3.05) is 19.8 Å². The van der Waals surface area contributed by atoms with Crippen molar-refractivity contribution in [3.8, 4) is 0 Å². The van der Waals surface area contributed by atoms with Crippen LogP contribution >= 0.6 is 72.8 Å². The number of nitrogens with zero attached hydrogens (tertiary/aromatic N) is 3. The minimum Gasteiger partial charge on any atom is -0.454 e. The molecule has 0 aromatic carbocycles. The molecular weight excluding hydrogens is 631 g/mol. The van der Waals surface area contributed by atoms with Gasteiger partial charge in [-0.25, -0.2) is 28.1 Å². The van der Waals surface area contributed by atoms with Gasteiger partial charge in [0.05, 0.1) is 55.8 Å². The van der Waals surface area contributed by atoms with E-state index in [0.717, 1.165) is 49.8 Å². The fraction of sp³-hybridized carbons (Fsp3) is 0.714. The minimum absolute atomic E-state index is 0.141. The maximum Gasteiger partial charge on any atom is 0.364 e. The second-order valence-corrected chi connectivity index (χ2v) is 13.2. The largest absolute Gasteiger partial charge is 0.454 e. The summed E-state index contributed by atoms with van der Waals surface area (Å²) in [7, 11) is 0. The number of hydrogen-bond acceptors (Lipinski definition) is 15. The molecule has 0 bridgehead atoms. The Bertz CT molecular complexity index is 965. The highest BCUT2D eigenvalue weighted by molar-refractivity contribution is 7.97. The molecule has 0 unspecified atom stereocenters. The summed E-state index contributed by atoms with van der Waals surface area (Å²) >= 11 is 18.3. The predicted molar refractivity (Wildman–Crippen MR) is 166 cm³/mol. The smallest absolute Gasteiger partial charge is 0.364 e. The predicted octanol–water partition coefficient (Wildman–Crippen LogP) is 3.30. The lowest BCUT2D eigenvalue weighted by Gasteiger charge is -2.15. The Morgan fingerprint density at radius 1 is 0.564 bits per heavy atom. The molecule has 0 aliphatic carbocycles. The van der Waals surface area contributed by atoms with Gasteiger partial charge in [-0.15, -0.1) is 0 Å². The summed E-state index contributed by atoms with van der Waals surface area (Å²) in [4.78, 5) is 39.2. The number of ether oxygens (including phenoxy) is 3. The third-order valence-electron chi connectivity index (χ3n) is 3.92. The van der Waals surface area contributed by atoms with E-state index >= 15 is 0 Å². The Labute approximate surface area is 256 Å². The molecule has 0 aliphatic rings. The zero-order chi connectivity index (χ0) is 29.5. The van der Waals surface area contributed by atoms with Crippen LogP contribution in [0.3, 0.4) is 0 Å². The van der Waals surface area contributed by atoms with Crippen molar-refractivity contribution >= 4 is 88.5 Å². The third-order valence-corrected chi connectivity index (χ3v) is 6.73. The fourth-order valence-electron chi connectivity index (χ4n) is 2.40. The van der Waals surface area contributed by atoms with Gasteiger partial charge in [0.1, 0.15) is 19.8 Å². The molecule has 12 nitrogen and oxygen atoms in total. The van der Waals surface area contributed by atoms with E-state index in [-0.39, 0.29) is 70.9 Å². The Morgan fingerprint density at radius 2 is 0.795 bits per heavy atom. The minimum atomic E-state index is -0.853. The molecular formula is C21H33N3O9S6. The first-order valence-electron chi connectivity index (χ1n) is 11.8. The Balaban J connectivity index is 3.06. The molecule has 0 N–H and O–H groups in total. The van der Waals surface area contributed by atoms with E-state index in [4.69, 9.17) is 63.4 Å². The average Bonchev–Trinajstić information content (AvgIpc) is 2.86. The van der Waals surface area contributed by atoms with E-state index in [2.05, 4.69) is 0 Å². The number of thiocarbonyl (C=S) groups is 3. The van der Waals surface area contributed by atoms with Gasteiger partial charge in [0.2, 0.25) is 0 Å². The van der Waals surface area contributed by atoms with Crippen LogP contribution in [0.5, 0.6) is 0 Å². The van der Waals surface area contributed by atoms with Crippen LogP contribution in [0.4, 0.5) is 0 Å². The lowest BCUT2D eigenvalue weighted by atomic mass is 10.5. The van der Waals surface area contributed by atoms with Gasteiger partial charge in [-0.05, 0) is 0 Å². The summed E-state index contributed by atoms with van der Waals surface area (Å²) in [5.74, 6) is 0. The van der Waals surface area contributed by atoms with E-state index in [0.29, 0.717) is 0 Å². The summed E-state index contributed by atoms with van der Waals surface area (Å²) in [6.07, 6.45) is 0. The molecule has 0 radical (unpaired) electrons. The molecule has 1 rings (SSSR count). The van der Waals surface area contributed by atoms with Crippen molar-refractivity contribution in [3.05, 3.63) is 31.5 Å². The van der Waals surface area contributed by atoms with Crippen molar-refractivity contribution in [2.45, 2.75) is 76.9 Å². The molecule has 0 spiro atoms. The molecule has 18 heteroatoms. The standard InChI is InChI=1S/C21H33N3O9S6/c1-13(2)37-31-19(34)28-10-7-22-16(25)23(8-11-29-20(35)32-38-14(3)4)18(27)24(17(22)26)9-12-30-21(36)33-39-15(5)6/h13-15H,7-12H2,1-6H3. The molecule has 0 saturated heterocycles.